The summed E-state index contributed by atoms with van der Waals surface area (Å²) in [7, 11) is 4.50. The van der Waals surface area contributed by atoms with Gasteiger partial charge >= 0.3 is 0 Å². The number of quaternary nitrogens is 1. The molecule has 0 aromatic heterocycles. The maximum atomic E-state index is 3.35. The van der Waals surface area contributed by atoms with Crippen molar-refractivity contribution in [3.05, 3.63) is 83.4 Å². The fourth-order valence-electron chi connectivity index (χ4n) is 3.02. The largest absolute Gasteiger partial charge is 1.00 e. The average molecular weight is 394 g/mol. The first-order valence-corrected chi connectivity index (χ1v) is 8.38. The van der Waals surface area contributed by atoms with E-state index in [0.717, 1.165) is 23.1 Å². The van der Waals surface area contributed by atoms with E-state index < -0.39 is 0 Å². The van der Waals surface area contributed by atoms with Gasteiger partial charge in [-0.15, -0.1) is 0 Å². The number of halogens is 1. The number of aryl methyl sites for hydroxylation is 1. The van der Waals surface area contributed by atoms with Crippen LogP contribution in [0.25, 0.3) is 10.8 Å². The third kappa shape index (κ3) is 4.95. The van der Waals surface area contributed by atoms with Gasteiger partial charge in [-0.25, -0.2) is 0 Å². The Morgan fingerprint density at radius 1 is 0.840 bits per heavy atom. The fourth-order valence-corrected chi connectivity index (χ4v) is 3.02. The molecule has 3 aromatic carbocycles. The molecule has 128 valence electrons. The van der Waals surface area contributed by atoms with Crippen molar-refractivity contribution in [1.29, 1.82) is 0 Å². The highest BCUT2D eigenvalue weighted by Crippen LogP contribution is 2.24. The predicted molar refractivity (Wildman–Crippen MR) is 103 cm³/mol. The number of benzene rings is 3. The number of nitrogens with zero attached hydrogens (tertiary/aromatic N) is 1. The van der Waals surface area contributed by atoms with Gasteiger partial charge in [0.1, 0.15) is 13.1 Å². The van der Waals surface area contributed by atoms with Gasteiger partial charge in [-0.05, 0) is 41.3 Å². The first kappa shape index (κ1) is 19.2. The Morgan fingerprint density at radius 2 is 1.52 bits per heavy atom. The van der Waals surface area contributed by atoms with Crippen molar-refractivity contribution in [2.75, 3.05) is 20.6 Å². The first-order chi connectivity index (χ1) is 11.6. The zero-order valence-corrected chi connectivity index (χ0v) is 16.7. The molecule has 0 bridgehead atoms. The SMILES string of the molecule is Cc1ccc2ccccc2c1C[N+](C)(C)CC#Cc1ccccc1.[Br-]. The molecular formula is C23H24BrN. The normalized spacial score (nSPS) is 10.7. The van der Waals surface area contributed by atoms with Gasteiger partial charge in [-0.2, -0.15) is 0 Å². The van der Waals surface area contributed by atoms with E-state index in [9.17, 15) is 0 Å². The maximum Gasteiger partial charge on any atom is 0.141 e. The number of rotatable bonds is 3. The summed E-state index contributed by atoms with van der Waals surface area (Å²) < 4.78 is 0.856. The van der Waals surface area contributed by atoms with E-state index in [1.165, 1.54) is 21.9 Å². The summed E-state index contributed by atoms with van der Waals surface area (Å²) in [5, 5.41) is 2.67. The molecule has 1 nitrogen and oxygen atoms in total. The molecule has 0 aliphatic carbocycles. The van der Waals surface area contributed by atoms with Crippen molar-refractivity contribution in [2.24, 2.45) is 0 Å². The summed E-state index contributed by atoms with van der Waals surface area (Å²) in [6.45, 7) is 4.02. The van der Waals surface area contributed by atoms with Crippen LogP contribution < -0.4 is 17.0 Å². The molecule has 0 N–H and O–H groups in total. The highest BCUT2D eigenvalue weighted by atomic mass is 79.9. The molecule has 0 amide bonds. The third-order valence-corrected chi connectivity index (χ3v) is 4.37. The minimum atomic E-state index is 0. The second kappa shape index (κ2) is 8.34. The van der Waals surface area contributed by atoms with Crippen molar-refractivity contribution in [3.63, 3.8) is 0 Å². The van der Waals surface area contributed by atoms with Crippen molar-refractivity contribution in [1.82, 2.24) is 0 Å². The number of hydrogen-bond acceptors (Lipinski definition) is 0. The van der Waals surface area contributed by atoms with Crippen molar-refractivity contribution in [3.8, 4) is 11.8 Å². The first-order valence-electron chi connectivity index (χ1n) is 8.38. The van der Waals surface area contributed by atoms with Gasteiger partial charge in [-0.3, -0.25) is 0 Å². The molecule has 0 radical (unpaired) electrons. The van der Waals surface area contributed by atoms with Gasteiger partial charge in [-0.1, -0.05) is 60.5 Å². The molecule has 2 heteroatoms. The average Bonchev–Trinajstić information content (AvgIpc) is 2.58. The van der Waals surface area contributed by atoms with E-state index in [2.05, 4.69) is 81.4 Å². The Morgan fingerprint density at radius 3 is 2.28 bits per heavy atom. The third-order valence-electron chi connectivity index (χ3n) is 4.37. The quantitative estimate of drug-likeness (QED) is 0.470. The van der Waals surface area contributed by atoms with E-state index in [0.29, 0.717) is 0 Å². The molecule has 0 fully saturated rings. The molecule has 0 saturated carbocycles. The van der Waals surface area contributed by atoms with Crippen LogP contribution in [0.2, 0.25) is 0 Å². The van der Waals surface area contributed by atoms with Gasteiger partial charge in [0, 0.05) is 11.1 Å². The lowest BCUT2D eigenvalue weighted by atomic mass is 9.99. The highest BCUT2D eigenvalue weighted by molar-refractivity contribution is 5.86. The topological polar surface area (TPSA) is 0 Å². The minimum Gasteiger partial charge on any atom is -1.00 e. The Labute approximate surface area is 161 Å². The second-order valence-electron chi connectivity index (χ2n) is 7.00. The predicted octanol–water partition coefficient (Wildman–Crippen LogP) is 1.78. The monoisotopic (exact) mass is 393 g/mol. The van der Waals surface area contributed by atoms with Crippen LogP contribution in [0.1, 0.15) is 16.7 Å². The Balaban J connectivity index is 0.00000225. The lowest BCUT2D eigenvalue weighted by molar-refractivity contribution is -0.896. The van der Waals surface area contributed by atoms with E-state index >= 15 is 0 Å². The lowest BCUT2D eigenvalue weighted by Crippen LogP contribution is -3.00. The standard InChI is InChI=1S/C23H24N.BrH/c1-19-15-16-21-13-7-8-14-22(21)23(19)18-24(2,3)17-9-12-20-10-5-4-6-11-20;/h4-8,10-11,13-16H,17-18H2,1-3H3;1H/q+1;/p-1. The van der Waals surface area contributed by atoms with Crippen LogP contribution in [0, 0.1) is 18.8 Å². The van der Waals surface area contributed by atoms with Crippen molar-refractivity contribution in [2.45, 2.75) is 13.5 Å². The van der Waals surface area contributed by atoms with Gasteiger partial charge in [0.2, 0.25) is 0 Å². The van der Waals surface area contributed by atoms with Gasteiger partial charge in [0.05, 0.1) is 14.1 Å². The molecule has 0 aliphatic heterocycles. The Kier molecular flexibility index (Phi) is 6.42. The van der Waals surface area contributed by atoms with Crippen LogP contribution in [0.4, 0.5) is 0 Å². The number of fused-ring (bicyclic) bond motifs is 1. The Bertz CT molecular complexity index is 902. The van der Waals surface area contributed by atoms with Crippen LogP contribution in [-0.2, 0) is 6.54 Å². The van der Waals surface area contributed by atoms with E-state index in [-0.39, 0.29) is 17.0 Å². The Hall–Kier alpha value is -2.08. The summed E-state index contributed by atoms with van der Waals surface area (Å²) in [5.74, 6) is 6.62. The van der Waals surface area contributed by atoms with E-state index in [1.54, 1.807) is 0 Å². The molecular weight excluding hydrogens is 370 g/mol. The van der Waals surface area contributed by atoms with Crippen molar-refractivity contribution < 1.29 is 21.5 Å². The van der Waals surface area contributed by atoms with Crippen LogP contribution in [0.15, 0.2) is 66.7 Å². The summed E-state index contributed by atoms with van der Waals surface area (Å²) in [6, 6.07) is 23.3. The second-order valence-corrected chi connectivity index (χ2v) is 7.00. The summed E-state index contributed by atoms with van der Waals surface area (Å²) >= 11 is 0. The lowest BCUT2D eigenvalue weighted by Gasteiger charge is -2.29. The molecule has 3 aromatic rings. The van der Waals surface area contributed by atoms with Gasteiger partial charge < -0.3 is 21.5 Å². The molecule has 0 unspecified atom stereocenters. The fraction of sp³-hybridized carbons (Fsp3) is 0.217. The zero-order chi connectivity index (χ0) is 17.0. The molecule has 0 heterocycles. The molecule has 0 atom stereocenters. The molecule has 3 rings (SSSR count). The summed E-state index contributed by atoms with van der Waals surface area (Å²) in [4.78, 5) is 0. The molecule has 0 spiro atoms. The summed E-state index contributed by atoms with van der Waals surface area (Å²) in [6.07, 6.45) is 0. The maximum absolute atomic E-state index is 3.35. The van der Waals surface area contributed by atoms with Crippen LogP contribution in [0.5, 0.6) is 0 Å². The molecule has 25 heavy (non-hydrogen) atoms. The van der Waals surface area contributed by atoms with Gasteiger partial charge in [0.15, 0.2) is 0 Å². The van der Waals surface area contributed by atoms with Gasteiger partial charge in [0.25, 0.3) is 0 Å². The zero-order valence-electron chi connectivity index (χ0n) is 15.1. The van der Waals surface area contributed by atoms with E-state index in [4.69, 9.17) is 0 Å². The van der Waals surface area contributed by atoms with Crippen molar-refractivity contribution >= 4 is 10.8 Å². The van der Waals surface area contributed by atoms with E-state index in [1.807, 2.05) is 18.2 Å². The van der Waals surface area contributed by atoms with Crippen LogP contribution in [-0.4, -0.2) is 25.1 Å². The minimum absolute atomic E-state index is 0. The highest BCUT2D eigenvalue weighted by Gasteiger charge is 2.17. The van der Waals surface area contributed by atoms with Crippen LogP contribution >= 0.6 is 0 Å². The summed E-state index contributed by atoms with van der Waals surface area (Å²) in [5.41, 5.74) is 3.87. The molecule has 0 aliphatic rings. The smallest absolute Gasteiger partial charge is 0.141 e. The van der Waals surface area contributed by atoms with Crippen LogP contribution in [0.3, 0.4) is 0 Å². The number of hydrogen-bond donors (Lipinski definition) is 0. The molecule has 0 saturated heterocycles.